The van der Waals surface area contributed by atoms with Crippen LogP contribution >= 0.6 is 0 Å². The summed E-state index contributed by atoms with van der Waals surface area (Å²) in [5.41, 5.74) is -0.377. The smallest absolute Gasteiger partial charge is 0.318 e. The second kappa shape index (κ2) is 7.66. The molecule has 0 heterocycles. The second-order valence-corrected chi connectivity index (χ2v) is 7.23. The lowest BCUT2D eigenvalue weighted by atomic mass is 10.0. The summed E-state index contributed by atoms with van der Waals surface area (Å²) < 4.78 is 0. The third-order valence-electron chi connectivity index (χ3n) is 4.19. The van der Waals surface area contributed by atoms with Crippen LogP contribution in [0.1, 0.15) is 66.2 Å². The maximum absolute atomic E-state index is 12.5. The number of amides is 2. The Balaban J connectivity index is 2.61. The van der Waals surface area contributed by atoms with Crippen molar-refractivity contribution in [1.29, 1.82) is 0 Å². The fourth-order valence-electron chi connectivity index (χ4n) is 2.83. The van der Waals surface area contributed by atoms with Gasteiger partial charge in [0, 0.05) is 18.1 Å². The van der Waals surface area contributed by atoms with Crippen molar-refractivity contribution in [3.63, 3.8) is 0 Å². The molecule has 2 amide bonds. The Kier molecular flexibility index (Phi) is 6.49. The Labute approximate surface area is 128 Å². The monoisotopic (exact) mass is 298 g/mol. The van der Waals surface area contributed by atoms with Crippen LogP contribution in [-0.4, -0.2) is 40.1 Å². The predicted octanol–water partition coefficient (Wildman–Crippen LogP) is 3.24. The number of hydrogen-bond acceptors (Lipinski definition) is 2. The lowest BCUT2D eigenvalue weighted by Gasteiger charge is -2.36. The van der Waals surface area contributed by atoms with Crippen LogP contribution in [0.2, 0.25) is 0 Å². The average Bonchev–Trinajstić information content (AvgIpc) is 2.52. The molecule has 2 atom stereocenters. The van der Waals surface area contributed by atoms with E-state index in [1.165, 1.54) is 6.42 Å². The number of hydrogen-bond donors (Lipinski definition) is 2. The van der Waals surface area contributed by atoms with Crippen molar-refractivity contribution in [1.82, 2.24) is 10.2 Å². The molecule has 0 spiro atoms. The minimum atomic E-state index is -0.875. The van der Waals surface area contributed by atoms with Crippen molar-refractivity contribution in [2.45, 2.75) is 77.8 Å². The molecule has 2 unspecified atom stereocenters. The van der Waals surface area contributed by atoms with Crippen LogP contribution in [0.4, 0.5) is 4.79 Å². The van der Waals surface area contributed by atoms with Gasteiger partial charge in [-0.15, -0.1) is 0 Å². The van der Waals surface area contributed by atoms with Gasteiger partial charge >= 0.3 is 12.0 Å². The topological polar surface area (TPSA) is 69.6 Å². The van der Waals surface area contributed by atoms with E-state index in [0.717, 1.165) is 31.6 Å². The number of rotatable bonds is 4. The first-order chi connectivity index (χ1) is 9.70. The summed E-state index contributed by atoms with van der Waals surface area (Å²) in [5, 5.41) is 11.9. The molecule has 5 nitrogen and oxygen atoms in total. The summed E-state index contributed by atoms with van der Waals surface area (Å²) in [6.07, 6.45) is 5.55. The van der Waals surface area contributed by atoms with E-state index in [0.29, 0.717) is 0 Å². The fourth-order valence-corrected chi connectivity index (χ4v) is 2.83. The van der Waals surface area contributed by atoms with Gasteiger partial charge < -0.3 is 15.3 Å². The van der Waals surface area contributed by atoms with E-state index in [4.69, 9.17) is 5.11 Å². The Morgan fingerprint density at radius 3 is 2.43 bits per heavy atom. The van der Waals surface area contributed by atoms with Crippen LogP contribution < -0.4 is 5.32 Å². The minimum Gasteiger partial charge on any atom is -0.481 e. The summed E-state index contributed by atoms with van der Waals surface area (Å²) in [5.74, 6) is -0.141. The molecule has 0 aromatic carbocycles. The van der Waals surface area contributed by atoms with E-state index >= 15 is 0 Å². The van der Waals surface area contributed by atoms with Gasteiger partial charge in [-0.05, 0) is 46.0 Å². The predicted molar refractivity (Wildman–Crippen MR) is 83.3 cm³/mol. The maximum atomic E-state index is 12.5. The van der Waals surface area contributed by atoms with Gasteiger partial charge in [0.25, 0.3) is 0 Å². The van der Waals surface area contributed by atoms with Crippen molar-refractivity contribution in [2.75, 3.05) is 6.54 Å². The molecule has 1 aliphatic rings. The SMILES string of the molecule is CC1CCCC(NC(=O)N(CCC(=O)O)C(C)(C)C)CC1. The summed E-state index contributed by atoms with van der Waals surface area (Å²) in [4.78, 5) is 24.9. The quantitative estimate of drug-likeness (QED) is 0.783. The van der Waals surface area contributed by atoms with E-state index in [1.54, 1.807) is 4.90 Å². The summed E-state index contributed by atoms with van der Waals surface area (Å²) in [6.45, 7) is 8.31. The molecule has 0 aromatic heterocycles. The third-order valence-corrected chi connectivity index (χ3v) is 4.19. The molecule has 5 heteroatoms. The zero-order chi connectivity index (χ0) is 16.0. The van der Waals surface area contributed by atoms with Gasteiger partial charge in [-0.25, -0.2) is 4.79 Å². The number of nitrogens with one attached hydrogen (secondary N) is 1. The summed E-state index contributed by atoms with van der Waals surface area (Å²) in [7, 11) is 0. The molecule has 0 radical (unpaired) electrons. The van der Waals surface area contributed by atoms with Crippen LogP contribution in [0.25, 0.3) is 0 Å². The molecule has 0 aromatic rings. The van der Waals surface area contributed by atoms with Crippen LogP contribution in [0.15, 0.2) is 0 Å². The number of carboxylic acid groups (broad SMARTS) is 1. The number of aliphatic carboxylic acids is 1. The van der Waals surface area contributed by atoms with Gasteiger partial charge in [-0.1, -0.05) is 19.8 Å². The van der Waals surface area contributed by atoms with Gasteiger partial charge in [0.2, 0.25) is 0 Å². The minimum absolute atomic E-state index is 0.0214. The highest BCUT2D eigenvalue weighted by Gasteiger charge is 2.28. The van der Waals surface area contributed by atoms with Gasteiger partial charge in [0.05, 0.1) is 6.42 Å². The van der Waals surface area contributed by atoms with Crippen molar-refractivity contribution in [2.24, 2.45) is 5.92 Å². The average molecular weight is 298 g/mol. The van der Waals surface area contributed by atoms with Gasteiger partial charge in [-0.3, -0.25) is 4.79 Å². The lowest BCUT2D eigenvalue weighted by molar-refractivity contribution is -0.137. The second-order valence-electron chi connectivity index (χ2n) is 7.23. The van der Waals surface area contributed by atoms with Crippen molar-refractivity contribution in [3.8, 4) is 0 Å². The van der Waals surface area contributed by atoms with E-state index in [2.05, 4.69) is 12.2 Å². The van der Waals surface area contributed by atoms with E-state index < -0.39 is 5.97 Å². The molecule has 1 fully saturated rings. The van der Waals surface area contributed by atoms with E-state index in [1.807, 2.05) is 20.8 Å². The fraction of sp³-hybridized carbons (Fsp3) is 0.875. The molecular formula is C16H30N2O3. The largest absolute Gasteiger partial charge is 0.481 e. The maximum Gasteiger partial charge on any atom is 0.318 e. The van der Waals surface area contributed by atoms with Crippen molar-refractivity contribution < 1.29 is 14.7 Å². The number of urea groups is 1. The van der Waals surface area contributed by atoms with E-state index in [-0.39, 0.29) is 30.6 Å². The van der Waals surface area contributed by atoms with Crippen LogP contribution in [0, 0.1) is 5.92 Å². The molecule has 1 saturated carbocycles. The zero-order valence-electron chi connectivity index (χ0n) is 13.8. The zero-order valence-corrected chi connectivity index (χ0v) is 13.8. The number of carbonyl (C=O) groups is 2. The van der Waals surface area contributed by atoms with Crippen LogP contribution in [-0.2, 0) is 4.79 Å². The normalized spacial score (nSPS) is 23.2. The van der Waals surface area contributed by atoms with Crippen molar-refractivity contribution >= 4 is 12.0 Å². The highest BCUT2D eigenvalue weighted by Crippen LogP contribution is 2.23. The molecule has 0 aliphatic heterocycles. The molecule has 122 valence electrons. The first-order valence-electron chi connectivity index (χ1n) is 8.00. The van der Waals surface area contributed by atoms with Crippen molar-refractivity contribution in [3.05, 3.63) is 0 Å². The molecule has 21 heavy (non-hydrogen) atoms. The molecule has 0 saturated heterocycles. The first-order valence-corrected chi connectivity index (χ1v) is 8.00. The number of nitrogens with zero attached hydrogens (tertiary/aromatic N) is 1. The van der Waals surface area contributed by atoms with Gasteiger partial charge in [-0.2, -0.15) is 0 Å². The van der Waals surface area contributed by atoms with Gasteiger partial charge in [0.15, 0.2) is 0 Å². The standard InChI is InChI=1S/C16H30N2O3/c1-12-6-5-7-13(9-8-12)17-15(21)18(16(2,3)4)11-10-14(19)20/h12-13H,5-11H2,1-4H3,(H,17,21)(H,19,20). The Morgan fingerprint density at radius 1 is 1.19 bits per heavy atom. The molecule has 1 aliphatic carbocycles. The molecule has 1 rings (SSSR count). The highest BCUT2D eigenvalue weighted by molar-refractivity contribution is 5.76. The molecule has 2 N–H and O–H groups in total. The molecular weight excluding hydrogens is 268 g/mol. The highest BCUT2D eigenvalue weighted by atomic mass is 16.4. The van der Waals surface area contributed by atoms with Crippen LogP contribution in [0.5, 0.6) is 0 Å². The summed E-state index contributed by atoms with van der Waals surface area (Å²) >= 11 is 0. The number of carbonyl (C=O) groups excluding carboxylic acids is 1. The Morgan fingerprint density at radius 2 is 1.86 bits per heavy atom. The van der Waals surface area contributed by atoms with Crippen LogP contribution in [0.3, 0.4) is 0 Å². The first kappa shape index (κ1) is 17.8. The Hall–Kier alpha value is -1.26. The lowest BCUT2D eigenvalue weighted by Crippen LogP contribution is -2.53. The Bertz CT molecular complexity index is 363. The third kappa shape index (κ3) is 6.36. The number of carboxylic acids is 1. The summed E-state index contributed by atoms with van der Waals surface area (Å²) in [6, 6.07) is 0.0837. The van der Waals surface area contributed by atoms with Gasteiger partial charge in [0.1, 0.15) is 0 Å². The van der Waals surface area contributed by atoms with E-state index in [9.17, 15) is 9.59 Å². The molecule has 0 bridgehead atoms.